The summed E-state index contributed by atoms with van der Waals surface area (Å²) < 4.78 is 0. The third kappa shape index (κ3) is 5.50. The van der Waals surface area contributed by atoms with Crippen LogP contribution in [0, 0.1) is 0 Å². The molecule has 154 valence electrons. The van der Waals surface area contributed by atoms with Gasteiger partial charge < -0.3 is 0 Å². The zero-order chi connectivity index (χ0) is 21.2. The first-order valence-electron chi connectivity index (χ1n) is 11.2. The first kappa shape index (κ1) is 21.1. The first-order valence-corrected chi connectivity index (χ1v) is 18.0. The molecule has 3 heterocycles. The molecule has 2 heteroatoms. The van der Waals surface area contributed by atoms with Crippen LogP contribution in [-0.4, -0.2) is 16.1 Å². The smallest absolute Gasteiger partial charge is 0.0561 e. The van der Waals surface area contributed by atoms with Gasteiger partial charge in [0.05, 0.1) is 16.1 Å². The summed E-state index contributed by atoms with van der Waals surface area (Å²) in [4.78, 5) is 0. The van der Waals surface area contributed by atoms with Crippen molar-refractivity contribution in [2.24, 2.45) is 0 Å². The fourth-order valence-electron chi connectivity index (χ4n) is 4.85. The topological polar surface area (TPSA) is 0 Å². The second-order valence-electron chi connectivity index (χ2n) is 10.6. The van der Waals surface area contributed by atoms with E-state index in [1.54, 1.807) is 11.1 Å². The second kappa shape index (κ2) is 8.52. The molecule has 6 rings (SSSR count). The van der Waals surface area contributed by atoms with Crippen LogP contribution in [0.15, 0.2) is 72.8 Å². The normalized spacial score (nSPS) is 18.9. The van der Waals surface area contributed by atoms with Crippen molar-refractivity contribution in [3.05, 3.63) is 106 Å². The van der Waals surface area contributed by atoms with E-state index in [2.05, 4.69) is 111 Å². The molecule has 0 N–H and O–H groups in total. The summed E-state index contributed by atoms with van der Waals surface area (Å²) in [6.45, 7) is 10.2. The van der Waals surface area contributed by atoms with E-state index in [0.717, 1.165) is 0 Å². The molecule has 30 heavy (non-hydrogen) atoms. The van der Waals surface area contributed by atoms with Gasteiger partial charge >= 0.3 is 0 Å². The predicted octanol–water partition coefficient (Wildman–Crippen LogP) is 7.31. The highest BCUT2D eigenvalue weighted by Gasteiger charge is 2.26. The van der Waals surface area contributed by atoms with Gasteiger partial charge in [0.15, 0.2) is 0 Å². The Balaban J connectivity index is 1.74. The van der Waals surface area contributed by atoms with E-state index < -0.39 is 16.1 Å². The lowest BCUT2D eigenvalue weighted by atomic mass is 10.1. The van der Waals surface area contributed by atoms with Gasteiger partial charge in [0.2, 0.25) is 0 Å². The summed E-state index contributed by atoms with van der Waals surface area (Å²) in [5, 5.41) is 0. The van der Waals surface area contributed by atoms with Gasteiger partial charge in [0.1, 0.15) is 0 Å². The minimum Gasteiger partial charge on any atom is -0.0689 e. The lowest BCUT2D eigenvalue weighted by molar-refractivity contribution is 1.13. The summed E-state index contributed by atoms with van der Waals surface area (Å²) in [5.74, 6) is 0. The molecular weight excluding hydrogens is 392 g/mol. The van der Waals surface area contributed by atoms with Gasteiger partial charge in [0.25, 0.3) is 0 Å². The van der Waals surface area contributed by atoms with Crippen LogP contribution in [0.25, 0.3) is 12.2 Å². The Morgan fingerprint density at radius 1 is 0.467 bits per heavy atom. The summed E-state index contributed by atoms with van der Waals surface area (Å²) in [6.07, 6.45) is 4.47. The molecule has 0 atom stereocenters. The number of fused-ring (bicyclic) bond motifs is 2. The van der Waals surface area contributed by atoms with E-state index in [0.29, 0.717) is 0 Å². The molecule has 0 unspecified atom stereocenters. The van der Waals surface area contributed by atoms with E-state index in [4.69, 9.17) is 0 Å². The zero-order valence-electron chi connectivity index (χ0n) is 18.9. The molecule has 0 saturated heterocycles. The zero-order valence-corrected chi connectivity index (χ0v) is 20.9. The average Bonchev–Trinajstić information content (AvgIpc) is 2.68. The van der Waals surface area contributed by atoms with E-state index in [1.165, 1.54) is 46.4 Å². The molecule has 3 aromatic rings. The van der Waals surface area contributed by atoms with Gasteiger partial charge in [-0.1, -0.05) is 122 Å². The maximum Gasteiger partial charge on any atom is 0.0561 e. The fraction of sp³-hybridized carbons (Fsp3) is 0.286. The summed E-state index contributed by atoms with van der Waals surface area (Å²) in [6, 6.07) is 32.7. The molecule has 0 aromatic heterocycles. The van der Waals surface area contributed by atoms with Crippen molar-refractivity contribution in [2.75, 3.05) is 0 Å². The Hall–Kier alpha value is -2.17. The van der Waals surface area contributed by atoms with Crippen molar-refractivity contribution in [3.8, 4) is 0 Å². The van der Waals surface area contributed by atoms with E-state index in [9.17, 15) is 0 Å². The Morgan fingerprint density at radius 3 is 1.20 bits per heavy atom. The van der Waals surface area contributed by atoms with Crippen LogP contribution in [0.4, 0.5) is 0 Å². The Bertz CT molecular complexity index is 940. The predicted molar refractivity (Wildman–Crippen MR) is 138 cm³/mol. The summed E-state index contributed by atoms with van der Waals surface area (Å²) >= 11 is 0. The third-order valence-corrected chi connectivity index (χ3v) is 11.7. The van der Waals surface area contributed by atoms with Crippen LogP contribution in [0.1, 0.15) is 33.4 Å². The first-order chi connectivity index (χ1) is 14.3. The summed E-state index contributed by atoms with van der Waals surface area (Å²) in [5.41, 5.74) is 8.74. The number of hydrogen-bond donors (Lipinski definition) is 0. The molecular formula is C28H34Si2. The molecule has 0 saturated carbocycles. The van der Waals surface area contributed by atoms with Crippen LogP contribution in [-0.2, 0) is 24.2 Å². The van der Waals surface area contributed by atoms with Crippen LogP contribution in [0.3, 0.4) is 0 Å². The van der Waals surface area contributed by atoms with Gasteiger partial charge in [-0.15, -0.1) is 0 Å². The van der Waals surface area contributed by atoms with Crippen molar-refractivity contribution in [1.82, 2.24) is 0 Å². The molecule has 0 nitrogen and oxygen atoms in total. The molecule has 0 radical (unpaired) electrons. The van der Waals surface area contributed by atoms with Gasteiger partial charge in [-0.2, -0.15) is 0 Å². The van der Waals surface area contributed by atoms with Crippen LogP contribution >= 0.6 is 0 Å². The quantitative estimate of drug-likeness (QED) is 0.330. The number of benzene rings is 3. The monoisotopic (exact) mass is 426 g/mol. The van der Waals surface area contributed by atoms with E-state index in [1.807, 2.05) is 0 Å². The molecule has 0 spiro atoms. The van der Waals surface area contributed by atoms with Gasteiger partial charge in [-0.05, 0) is 46.4 Å². The Kier molecular flexibility index (Phi) is 5.99. The molecule has 0 fully saturated rings. The Morgan fingerprint density at radius 2 is 0.833 bits per heavy atom. The van der Waals surface area contributed by atoms with Crippen molar-refractivity contribution in [1.29, 1.82) is 0 Å². The second-order valence-corrected chi connectivity index (χ2v) is 20.7. The molecule has 3 aliphatic rings. The third-order valence-electron chi connectivity index (χ3n) is 6.25. The maximum absolute atomic E-state index is 2.56. The Labute approximate surface area is 184 Å². The van der Waals surface area contributed by atoms with Gasteiger partial charge in [-0.3, -0.25) is 0 Å². The number of hydrogen-bond acceptors (Lipinski definition) is 0. The number of rotatable bonds is 0. The highest BCUT2D eigenvalue weighted by molar-refractivity contribution is 6.77. The molecule has 0 aliphatic carbocycles. The van der Waals surface area contributed by atoms with E-state index in [-0.39, 0.29) is 0 Å². The summed E-state index contributed by atoms with van der Waals surface area (Å²) in [7, 11) is -2.78. The van der Waals surface area contributed by atoms with Crippen molar-refractivity contribution in [2.45, 2.75) is 50.4 Å². The average molecular weight is 427 g/mol. The fourth-order valence-corrected chi connectivity index (χ4v) is 10.5. The molecule has 3 aliphatic heterocycles. The lowest BCUT2D eigenvalue weighted by Crippen LogP contribution is -2.36. The molecule has 3 aromatic carbocycles. The highest BCUT2D eigenvalue weighted by atomic mass is 28.3. The lowest BCUT2D eigenvalue weighted by Gasteiger charge is -2.28. The van der Waals surface area contributed by atoms with Crippen LogP contribution in [0.2, 0.25) is 26.2 Å². The van der Waals surface area contributed by atoms with Crippen LogP contribution < -0.4 is 0 Å². The SMILES string of the molecule is C[Si]1(C)Cc2ccc(cc2)/C=C\c2ccc(cc2)C[Si](C)(C)Cc2ccccc2C1. The maximum atomic E-state index is 2.56. The largest absolute Gasteiger partial charge is 0.0689 e. The van der Waals surface area contributed by atoms with Crippen LogP contribution in [0.5, 0.6) is 0 Å². The van der Waals surface area contributed by atoms with Crippen molar-refractivity contribution >= 4 is 28.3 Å². The minimum atomic E-state index is -1.39. The van der Waals surface area contributed by atoms with Gasteiger partial charge in [0, 0.05) is 0 Å². The van der Waals surface area contributed by atoms with Gasteiger partial charge in [-0.25, -0.2) is 0 Å². The van der Waals surface area contributed by atoms with Crippen molar-refractivity contribution < 1.29 is 0 Å². The van der Waals surface area contributed by atoms with E-state index >= 15 is 0 Å². The molecule has 4 bridgehead atoms. The highest BCUT2D eigenvalue weighted by Crippen LogP contribution is 2.25. The minimum absolute atomic E-state index is 1.24. The standard InChI is InChI=1S/C28H34Si2/c1-29(2)19-25-15-11-23(12-16-25)9-10-24-13-17-26(18-14-24)20-30(3,4)22-28-8-6-5-7-27(28)21-29/h5-18H,19-22H2,1-4H3/b10-9-. The van der Waals surface area contributed by atoms with Crippen molar-refractivity contribution in [3.63, 3.8) is 0 Å². The molecule has 0 amide bonds.